The molecule has 3 N–H and O–H groups in total. The van der Waals surface area contributed by atoms with Crippen molar-refractivity contribution in [3.63, 3.8) is 0 Å². The molecule has 5 nitrogen and oxygen atoms in total. The van der Waals surface area contributed by atoms with Crippen LogP contribution in [0.5, 0.6) is 5.75 Å². The number of benzene rings is 1. The Morgan fingerprint density at radius 3 is 2.52 bits per heavy atom. The average Bonchev–Trinajstić information content (AvgIpc) is 2.55. The lowest BCUT2D eigenvalue weighted by Crippen LogP contribution is -2.38. The molecule has 0 saturated carbocycles. The first-order valence-electron chi connectivity index (χ1n) is 8.59. The van der Waals surface area contributed by atoms with Crippen molar-refractivity contribution in [2.45, 2.75) is 39.7 Å². The molecule has 0 aromatic heterocycles. The van der Waals surface area contributed by atoms with Gasteiger partial charge in [0.1, 0.15) is 24.3 Å². The van der Waals surface area contributed by atoms with E-state index in [9.17, 15) is 9.50 Å². The molecule has 0 bridgehead atoms. The van der Waals surface area contributed by atoms with Crippen LogP contribution in [0.4, 0.5) is 4.39 Å². The van der Waals surface area contributed by atoms with Gasteiger partial charge in [-0.3, -0.25) is 4.99 Å². The van der Waals surface area contributed by atoms with Crippen LogP contribution in [0.25, 0.3) is 0 Å². The summed E-state index contributed by atoms with van der Waals surface area (Å²) in [6.45, 7) is 8.37. The highest BCUT2D eigenvalue weighted by atomic mass is 127. The van der Waals surface area contributed by atoms with Gasteiger partial charge in [0.2, 0.25) is 0 Å². The number of hydrogen-bond donors (Lipinski definition) is 3. The minimum atomic E-state index is -0.721. The first-order valence-corrected chi connectivity index (χ1v) is 8.59. The Balaban J connectivity index is 0.00000576. The number of rotatable bonds is 10. The third-order valence-corrected chi connectivity index (χ3v) is 3.31. The maximum atomic E-state index is 12.8. The molecular weight excluding hydrogens is 436 g/mol. The van der Waals surface area contributed by atoms with Crippen molar-refractivity contribution in [1.82, 2.24) is 10.6 Å². The first kappa shape index (κ1) is 23.9. The maximum Gasteiger partial charge on any atom is 0.191 e. The highest BCUT2D eigenvalue weighted by Gasteiger charge is 2.06. The Morgan fingerprint density at radius 1 is 1.24 bits per heavy atom. The second kappa shape index (κ2) is 14.1. The number of aliphatic hydroxyl groups is 1. The molecule has 1 unspecified atom stereocenters. The molecule has 0 amide bonds. The summed E-state index contributed by atoms with van der Waals surface area (Å²) in [5.74, 6) is 1.60. The van der Waals surface area contributed by atoms with Gasteiger partial charge in [-0.05, 0) is 49.9 Å². The number of aliphatic hydroxyl groups excluding tert-OH is 1. The highest BCUT2D eigenvalue weighted by Crippen LogP contribution is 2.11. The summed E-state index contributed by atoms with van der Waals surface area (Å²) in [7, 11) is 0. The number of aliphatic imine (C=N–C) groups is 1. The lowest BCUT2D eigenvalue weighted by atomic mass is 10.1. The van der Waals surface area contributed by atoms with Crippen LogP contribution >= 0.6 is 24.0 Å². The Kier molecular flexibility index (Phi) is 13.5. The summed E-state index contributed by atoms with van der Waals surface area (Å²) in [5, 5.41) is 16.4. The molecule has 1 rings (SSSR count). The van der Waals surface area contributed by atoms with Crippen molar-refractivity contribution >= 4 is 29.9 Å². The fourth-order valence-corrected chi connectivity index (χ4v) is 2.03. The third-order valence-electron chi connectivity index (χ3n) is 3.31. The van der Waals surface area contributed by atoms with Crippen LogP contribution in [0.15, 0.2) is 29.3 Å². The summed E-state index contributed by atoms with van der Waals surface area (Å²) in [6.07, 6.45) is 1.53. The van der Waals surface area contributed by atoms with Gasteiger partial charge in [0.05, 0.1) is 6.54 Å². The SMILES string of the molecule is CCNC(=NCC(O)COc1ccc(F)cc1)NCCCC(C)C.I. The first-order chi connectivity index (χ1) is 11.5. The van der Waals surface area contributed by atoms with Crippen molar-refractivity contribution in [3.05, 3.63) is 30.1 Å². The third kappa shape index (κ3) is 12.0. The van der Waals surface area contributed by atoms with E-state index in [1.165, 1.54) is 30.7 Å². The molecule has 1 atom stereocenters. The quantitative estimate of drug-likeness (QED) is 0.214. The molecule has 0 spiro atoms. The van der Waals surface area contributed by atoms with Gasteiger partial charge in [-0.25, -0.2) is 4.39 Å². The van der Waals surface area contributed by atoms with Crippen molar-refractivity contribution < 1.29 is 14.2 Å². The van der Waals surface area contributed by atoms with Gasteiger partial charge in [-0.1, -0.05) is 13.8 Å². The van der Waals surface area contributed by atoms with Crippen molar-refractivity contribution in [2.24, 2.45) is 10.9 Å². The Bertz CT molecular complexity index is 484. The number of nitrogens with zero attached hydrogens (tertiary/aromatic N) is 1. The number of ether oxygens (including phenoxy) is 1. The van der Waals surface area contributed by atoms with Crippen molar-refractivity contribution in [3.8, 4) is 5.75 Å². The molecule has 1 aromatic rings. The fraction of sp³-hybridized carbons (Fsp3) is 0.611. The van der Waals surface area contributed by atoms with E-state index in [-0.39, 0.29) is 42.9 Å². The monoisotopic (exact) mass is 467 g/mol. The minimum absolute atomic E-state index is 0. The van der Waals surface area contributed by atoms with Gasteiger partial charge in [0.25, 0.3) is 0 Å². The van der Waals surface area contributed by atoms with Crippen LogP contribution in [0.1, 0.15) is 33.6 Å². The Labute approximate surface area is 167 Å². The van der Waals surface area contributed by atoms with E-state index in [1.807, 2.05) is 6.92 Å². The van der Waals surface area contributed by atoms with E-state index in [4.69, 9.17) is 4.74 Å². The molecule has 0 saturated heterocycles. The molecule has 0 radical (unpaired) electrons. The summed E-state index contributed by atoms with van der Waals surface area (Å²) in [5.41, 5.74) is 0. The Morgan fingerprint density at radius 2 is 1.92 bits per heavy atom. The molecule has 0 heterocycles. The van der Waals surface area contributed by atoms with E-state index in [1.54, 1.807) is 0 Å². The van der Waals surface area contributed by atoms with Gasteiger partial charge in [-0.2, -0.15) is 0 Å². The van der Waals surface area contributed by atoms with E-state index >= 15 is 0 Å². The topological polar surface area (TPSA) is 65.9 Å². The van der Waals surface area contributed by atoms with Crippen LogP contribution < -0.4 is 15.4 Å². The van der Waals surface area contributed by atoms with Crippen molar-refractivity contribution in [1.29, 1.82) is 0 Å². The van der Waals surface area contributed by atoms with E-state index in [0.29, 0.717) is 17.6 Å². The molecule has 7 heteroatoms. The summed E-state index contributed by atoms with van der Waals surface area (Å²) >= 11 is 0. The predicted molar refractivity (Wildman–Crippen MR) is 111 cm³/mol. The minimum Gasteiger partial charge on any atom is -0.491 e. The lowest BCUT2D eigenvalue weighted by Gasteiger charge is -2.14. The van der Waals surface area contributed by atoms with Gasteiger partial charge in [0, 0.05) is 13.1 Å². The second-order valence-corrected chi connectivity index (χ2v) is 6.10. The second-order valence-electron chi connectivity index (χ2n) is 6.10. The highest BCUT2D eigenvalue weighted by molar-refractivity contribution is 14.0. The summed E-state index contributed by atoms with van der Waals surface area (Å²) in [6, 6.07) is 5.71. The van der Waals surface area contributed by atoms with Crippen LogP contribution in [0.2, 0.25) is 0 Å². The standard InChI is InChI=1S/C18H30FN3O2.HI/c1-4-20-18(21-11-5-6-14(2)3)22-12-16(23)13-24-17-9-7-15(19)8-10-17;/h7-10,14,16,23H,4-6,11-13H2,1-3H3,(H2,20,21,22);1H. The van der Waals surface area contributed by atoms with E-state index in [2.05, 4.69) is 29.5 Å². The zero-order valence-electron chi connectivity index (χ0n) is 15.3. The van der Waals surface area contributed by atoms with Gasteiger partial charge in [-0.15, -0.1) is 24.0 Å². The lowest BCUT2D eigenvalue weighted by molar-refractivity contribution is 0.114. The van der Waals surface area contributed by atoms with Crippen molar-refractivity contribution in [2.75, 3.05) is 26.2 Å². The predicted octanol–water partition coefficient (Wildman–Crippen LogP) is 3.17. The van der Waals surface area contributed by atoms with E-state index in [0.717, 1.165) is 19.5 Å². The van der Waals surface area contributed by atoms with Gasteiger partial charge in [0.15, 0.2) is 5.96 Å². The van der Waals surface area contributed by atoms with Gasteiger partial charge >= 0.3 is 0 Å². The zero-order valence-corrected chi connectivity index (χ0v) is 17.6. The molecule has 0 aliphatic carbocycles. The fourth-order valence-electron chi connectivity index (χ4n) is 2.03. The summed E-state index contributed by atoms with van der Waals surface area (Å²) in [4.78, 5) is 4.36. The number of nitrogens with one attached hydrogen (secondary N) is 2. The average molecular weight is 467 g/mol. The molecule has 1 aromatic carbocycles. The molecule has 0 aliphatic heterocycles. The molecule has 0 fully saturated rings. The van der Waals surface area contributed by atoms with Crippen LogP contribution in [0.3, 0.4) is 0 Å². The number of hydrogen-bond acceptors (Lipinski definition) is 3. The summed E-state index contributed by atoms with van der Waals surface area (Å²) < 4.78 is 18.2. The normalized spacial score (nSPS) is 12.5. The van der Waals surface area contributed by atoms with Crippen LogP contribution in [0, 0.1) is 11.7 Å². The maximum absolute atomic E-state index is 12.8. The molecular formula is C18H31FIN3O2. The largest absolute Gasteiger partial charge is 0.491 e. The number of guanidine groups is 1. The smallest absolute Gasteiger partial charge is 0.191 e. The Hall–Kier alpha value is -1.09. The molecule has 0 aliphatic rings. The van der Waals surface area contributed by atoms with E-state index < -0.39 is 6.10 Å². The molecule has 25 heavy (non-hydrogen) atoms. The zero-order chi connectivity index (χ0) is 17.8. The van der Waals surface area contributed by atoms with Crippen LogP contribution in [-0.4, -0.2) is 43.4 Å². The number of halogens is 2. The van der Waals surface area contributed by atoms with Gasteiger partial charge < -0.3 is 20.5 Å². The van der Waals surface area contributed by atoms with Crippen LogP contribution in [-0.2, 0) is 0 Å². The molecule has 144 valence electrons.